The van der Waals surface area contributed by atoms with E-state index in [1.165, 1.54) is 0 Å². The van der Waals surface area contributed by atoms with Crippen LogP contribution in [0, 0.1) is 0 Å². The van der Waals surface area contributed by atoms with Crippen molar-refractivity contribution in [2.24, 2.45) is 0 Å². The minimum absolute atomic E-state index is 0.0739. The van der Waals surface area contributed by atoms with Crippen LogP contribution in [0.15, 0.2) is 0 Å². The standard InChI is InChI=1S/C6H9F3N4/c1-5(2,3)4-10-12-13(11-4)6(7,8)9/h1-3H3. The van der Waals surface area contributed by atoms with Crippen LogP contribution in [0.25, 0.3) is 0 Å². The summed E-state index contributed by atoms with van der Waals surface area (Å²) in [5, 5.41) is 9.44. The molecular formula is C6H9F3N4. The third kappa shape index (κ3) is 2.16. The molecule has 0 radical (unpaired) electrons. The van der Waals surface area contributed by atoms with Crippen LogP contribution in [0.5, 0.6) is 0 Å². The number of halogens is 3. The predicted octanol–water partition coefficient (Wildman–Crippen LogP) is 1.45. The Labute approximate surface area is 72.7 Å². The second-order valence-corrected chi connectivity index (χ2v) is 3.62. The summed E-state index contributed by atoms with van der Waals surface area (Å²) >= 11 is 0. The van der Waals surface area contributed by atoms with Gasteiger partial charge in [-0.2, -0.15) is 0 Å². The van der Waals surface area contributed by atoms with E-state index in [1.807, 2.05) is 0 Å². The zero-order chi connectivity index (χ0) is 10.3. The fourth-order valence-electron chi connectivity index (χ4n) is 0.622. The highest BCUT2D eigenvalue weighted by Crippen LogP contribution is 2.22. The lowest BCUT2D eigenvalue weighted by Crippen LogP contribution is -2.21. The van der Waals surface area contributed by atoms with Gasteiger partial charge in [0.2, 0.25) is 0 Å². The van der Waals surface area contributed by atoms with Gasteiger partial charge in [0.05, 0.1) is 0 Å². The first kappa shape index (κ1) is 9.94. The molecule has 0 unspecified atom stereocenters. The lowest BCUT2D eigenvalue weighted by Gasteiger charge is -2.11. The Bertz CT molecular complexity index is 267. The largest absolute Gasteiger partial charge is 0.522 e. The molecule has 1 rings (SSSR count). The van der Waals surface area contributed by atoms with Crippen molar-refractivity contribution in [2.45, 2.75) is 32.5 Å². The molecule has 74 valence electrons. The van der Waals surface area contributed by atoms with E-state index in [0.717, 1.165) is 0 Å². The summed E-state index contributed by atoms with van der Waals surface area (Å²) in [5.41, 5.74) is -0.524. The van der Waals surface area contributed by atoms with Gasteiger partial charge in [-0.3, -0.25) is 0 Å². The molecule has 13 heavy (non-hydrogen) atoms. The zero-order valence-corrected chi connectivity index (χ0v) is 7.42. The van der Waals surface area contributed by atoms with Crippen molar-refractivity contribution in [1.82, 2.24) is 20.2 Å². The predicted molar refractivity (Wildman–Crippen MR) is 37.8 cm³/mol. The Morgan fingerprint density at radius 1 is 1.15 bits per heavy atom. The van der Waals surface area contributed by atoms with E-state index in [-0.39, 0.29) is 10.6 Å². The van der Waals surface area contributed by atoms with Gasteiger partial charge < -0.3 is 0 Å². The van der Waals surface area contributed by atoms with Crippen LogP contribution in [0.3, 0.4) is 0 Å². The van der Waals surface area contributed by atoms with Crippen molar-refractivity contribution in [2.75, 3.05) is 0 Å². The van der Waals surface area contributed by atoms with Crippen LogP contribution in [-0.4, -0.2) is 20.2 Å². The van der Waals surface area contributed by atoms with E-state index in [4.69, 9.17) is 0 Å². The molecule has 0 spiro atoms. The maximum atomic E-state index is 12.0. The highest BCUT2D eigenvalue weighted by molar-refractivity contribution is 4.96. The van der Waals surface area contributed by atoms with Crippen LogP contribution in [0.4, 0.5) is 13.2 Å². The van der Waals surface area contributed by atoms with Crippen LogP contribution >= 0.6 is 0 Å². The molecular weight excluding hydrogens is 185 g/mol. The number of tetrazole rings is 1. The molecule has 0 saturated heterocycles. The van der Waals surface area contributed by atoms with Crippen LogP contribution < -0.4 is 0 Å². The molecule has 0 saturated carbocycles. The second kappa shape index (κ2) is 2.68. The highest BCUT2D eigenvalue weighted by Gasteiger charge is 2.35. The maximum Gasteiger partial charge on any atom is 0.522 e. The number of hydrogen-bond acceptors (Lipinski definition) is 3. The molecule has 1 aromatic rings. The van der Waals surface area contributed by atoms with Crippen LogP contribution in [0.1, 0.15) is 26.6 Å². The number of aromatic nitrogens is 4. The summed E-state index contributed by atoms with van der Waals surface area (Å²) in [6, 6.07) is 0. The molecule has 0 bridgehead atoms. The Morgan fingerprint density at radius 3 is 1.92 bits per heavy atom. The van der Waals surface area contributed by atoms with E-state index in [1.54, 1.807) is 20.8 Å². The van der Waals surface area contributed by atoms with Gasteiger partial charge in [-0.25, -0.2) is 0 Å². The lowest BCUT2D eigenvalue weighted by atomic mass is 9.96. The van der Waals surface area contributed by atoms with Crippen LogP contribution in [0.2, 0.25) is 0 Å². The van der Waals surface area contributed by atoms with Gasteiger partial charge in [0.25, 0.3) is 0 Å². The SMILES string of the molecule is CC(C)(C)c1nnn(C(F)(F)F)n1. The van der Waals surface area contributed by atoms with Crippen molar-refractivity contribution in [3.05, 3.63) is 5.82 Å². The first-order chi connectivity index (χ1) is 5.71. The van der Waals surface area contributed by atoms with E-state index < -0.39 is 11.7 Å². The summed E-state index contributed by atoms with van der Waals surface area (Å²) in [6.07, 6.45) is -4.59. The molecule has 4 nitrogen and oxygen atoms in total. The van der Waals surface area contributed by atoms with E-state index in [0.29, 0.717) is 0 Å². The summed E-state index contributed by atoms with van der Waals surface area (Å²) in [6.45, 7) is 5.14. The van der Waals surface area contributed by atoms with Crippen molar-refractivity contribution < 1.29 is 13.2 Å². The Hall–Kier alpha value is -1.14. The van der Waals surface area contributed by atoms with Gasteiger partial charge in [0.1, 0.15) is 0 Å². The quantitative estimate of drug-likeness (QED) is 0.627. The summed E-state index contributed by atoms with van der Waals surface area (Å²) in [5.74, 6) is 0.0739. The molecule has 0 aliphatic rings. The first-order valence-corrected chi connectivity index (χ1v) is 3.59. The number of hydrogen-bond donors (Lipinski definition) is 0. The molecule has 0 aliphatic heterocycles. The van der Waals surface area contributed by atoms with Crippen LogP contribution in [-0.2, 0) is 11.7 Å². The van der Waals surface area contributed by atoms with Gasteiger partial charge in [-0.15, -0.1) is 23.4 Å². The van der Waals surface area contributed by atoms with Gasteiger partial charge in [0.15, 0.2) is 5.82 Å². The monoisotopic (exact) mass is 194 g/mol. The second-order valence-electron chi connectivity index (χ2n) is 3.62. The van der Waals surface area contributed by atoms with Crippen molar-refractivity contribution in [1.29, 1.82) is 0 Å². The Balaban J connectivity index is 3.01. The van der Waals surface area contributed by atoms with Crippen molar-refractivity contribution >= 4 is 0 Å². The third-order valence-electron chi connectivity index (χ3n) is 1.31. The topological polar surface area (TPSA) is 43.6 Å². The first-order valence-electron chi connectivity index (χ1n) is 3.59. The molecule has 0 amide bonds. The average Bonchev–Trinajstić information content (AvgIpc) is 2.28. The fourth-order valence-corrected chi connectivity index (χ4v) is 0.622. The van der Waals surface area contributed by atoms with E-state index in [9.17, 15) is 13.2 Å². The summed E-state index contributed by atoms with van der Waals surface area (Å²) < 4.78 is 36.0. The highest BCUT2D eigenvalue weighted by atomic mass is 19.4. The minimum atomic E-state index is -4.59. The fraction of sp³-hybridized carbons (Fsp3) is 0.833. The van der Waals surface area contributed by atoms with E-state index in [2.05, 4.69) is 15.4 Å². The zero-order valence-electron chi connectivity index (χ0n) is 7.42. The van der Waals surface area contributed by atoms with E-state index >= 15 is 0 Å². The lowest BCUT2D eigenvalue weighted by molar-refractivity contribution is -0.222. The molecule has 0 aromatic carbocycles. The van der Waals surface area contributed by atoms with Gasteiger partial charge in [-0.05, 0) is 5.21 Å². The molecule has 7 heteroatoms. The summed E-state index contributed by atoms with van der Waals surface area (Å²) in [7, 11) is 0. The molecule has 0 fully saturated rings. The molecule has 0 N–H and O–H groups in total. The molecule has 1 heterocycles. The van der Waals surface area contributed by atoms with Crippen molar-refractivity contribution in [3.63, 3.8) is 0 Å². The summed E-state index contributed by atoms with van der Waals surface area (Å²) in [4.78, 5) is -0.340. The normalized spacial score (nSPS) is 13.4. The Morgan fingerprint density at radius 2 is 1.69 bits per heavy atom. The number of nitrogens with zero attached hydrogens (tertiary/aromatic N) is 4. The smallest absolute Gasteiger partial charge is 0.147 e. The third-order valence-corrected chi connectivity index (χ3v) is 1.31. The van der Waals surface area contributed by atoms with Gasteiger partial charge in [0, 0.05) is 5.41 Å². The number of alkyl halides is 3. The Kier molecular flexibility index (Phi) is 2.05. The van der Waals surface area contributed by atoms with Gasteiger partial charge >= 0.3 is 6.30 Å². The van der Waals surface area contributed by atoms with Crippen molar-refractivity contribution in [3.8, 4) is 0 Å². The van der Waals surface area contributed by atoms with Gasteiger partial charge in [-0.1, -0.05) is 25.6 Å². The molecule has 0 aliphatic carbocycles. The number of rotatable bonds is 0. The average molecular weight is 194 g/mol. The maximum absolute atomic E-state index is 12.0. The minimum Gasteiger partial charge on any atom is -0.147 e. The molecule has 0 atom stereocenters. The molecule has 1 aromatic heterocycles.